The van der Waals surface area contributed by atoms with E-state index in [1.54, 1.807) is 6.92 Å². The van der Waals surface area contributed by atoms with Crippen LogP contribution in [0.15, 0.2) is 30.5 Å². The highest BCUT2D eigenvalue weighted by atomic mass is 19.4. The van der Waals surface area contributed by atoms with Crippen molar-refractivity contribution in [3.63, 3.8) is 0 Å². The van der Waals surface area contributed by atoms with Crippen LogP contribution >= 0.6 is 0 Å². The maximum absolute atomic E-state index is 12.8. The smallest absolute Gasteiger partial charge is 0.351 e. The second kappa shape index (κ2) is 8.03. The van der Waals surface area contributed by atoms with E-state index >= 15 is 0 Å². The number of hydrogen-bond acceptors (Lipinski definition) is 3. The van der Waals surface area contributed by atoms with Gasteiger partial charge in [0.25, 0.3) is 11.8 Å². The monoisotopic (exact) mass is 368 g/mol. The van der Waals surface area contributed by atoms with Crippen molar-refractivity contribution in [1.82, 2.24) is 15.1 Å². The molecule has 2 aromatic rings. The number of benzene rings is 1. The van der Waals surface area contributed by atoms with Crippen LogP contribution in [0.3, 0.4) is 0 Å². The Hall–Kier alpha value is -2.84. The van der Waals surface area contributed by atoms with Gasteiger partial charge in [-0.2, -0.15) is 18.3 Å². The van der Waals surface area contributed by atoms with Crippen LogP contribution in [-0.4, -0.2) is 28.1 Å². The molecule has 0 saturated carbocycles. The van der Waals surface area contributed by atoms with Crippen LogP contribution in [0.5, 0.6) is 0 Å². The lowest BCUT2D eigenvalue weighted by Crippen LogP contribution is -2.26. The van der Waals surface area contributed by atoms with E-state index in [-0.39, 0.29) is 16.9 Å². The highest BCUT2D eigenvalue weighted by Gasteiger charge is 2.31. The first-order chi connectivity index (χ1) is 12.3. The van der Waals surface area contributed by atoms with Crippen LogP contribution in [-0.2, 0) is 12.7 Å². The van der Waals surface area contributed by atoms with Crippen LogP contribution in [0, 0.1) is 0 Å². The number of hydrogen-bond donors (Lipinski definition) is 2. The molecule has 0 atom stereocenters. The summed E-state index contributed by atoms with van der Waals surface area (Å²) in [6.45, 7) is 4.60. The molecule has 2 N–H and O–H groups in total. The molecule has 9 heteroatoms. The summed E-state index contributed by atoms with van der Waals surface area (Å²) in [6.07, 6.45) is -2.35. The number of nitrogens with zero attached hydrogens (tertiary/aromatic N) is 2. The van der Waals surface area contributed by atoms with Gasteiger partial charge in [-0.3, -0.25) is 14.3 Å². The van der Waals surface area contributed by atoms with Crippen LogP contribution < -0.4 is 10.6 Å². The van der Waals surface area contributed by atoms with E-state index in [2.05, 4.69) is 15.7 Å². The number of amides is 2. The molecule has 0 bridgehead atoms. The van der Waals surface area contributed by atoms with Crippen molar-refractivity contribution in [2.24, 2.45) is 0 Å². The molecule has 1 heterocycles. The number of carbonyl (C=O) groups excluding carboxylic acids is 2. The largest absolute Gasteiger partial charge is 0.416 e. The molecular formula is C17H19F3N4O2. The van der Waals surface area contributed by atoms with E-state index in [0.29, 0.717) is 13.1 Å². The van der Waals surface area contributed by atoms with E-state index in [4.69, 9.17) is 0 Å². The highest BCUT2D eigenvalue weighted by Crippen LogP contribution is 2.29. The van der Waals surface area contributed by atoms with Gasteiger partial charge in [-0.1, -0.05) is 13.0 Å². The Bertz CT molecular complexity index is 800. The summed E-state index contributed by atoms with van der Waals surface area (Å²) in [5, 5.41) is 9.22. The number of alkyl halides is 3. The van der Waals surface area contributed by atoms with E-state index in [9.17, 15) is 22.8 Å². The summed E-state index contributed by atoms with van der Waals surface area (Å²) in [5.41, 5.74) is -0.928. The van der Waals surface area contributed by atoms with Gasteiger partial charge >= 0.3 is 6.18 Å². The zero-order valence-corrected chi connectivity index (χ0v) is 14.4. The molecule has 1 aromatic carbocycles. The summed E-state index contributed by atoms with van der Waals surface area (Å²) in [4.78, 5) is 24.5. The molecule has 0 aliphatic heterocycles. The number of aromatic nitrogens is 2. The fraction of sp³-hybridized carbons (Fsp3) is 0.353. The van der Waals surface area contributed by atoms with Gasteiger partial charge in [-0.15, -0.1) is 0 Å². The molecule has 0 saturated heterocycles. The minimum Gasteiger partial charge on any atom is -0.351 e. The zero-order chi connectivity index (χ0) is 19.3. The highest BCUT2D eigenvalue weighted by molar-refractivity contribution is 6.08. The second-order valence-corrected chi connectivity index (χ2v) is 5.54. The minimum absolute atomic E-state index is 0.0145. The number of halogens is 3. The summed E-state index contributed by atoms with van der Waals surface area (Å²) < 4.78 is 39.9. The van der Waals surface area contributed by atoms with Gasteiger partial charge in [0, 0.05) is 24.8 Å². The number of anilines is 1. The SMILES string of the molecule is CCCNC(=O)c1nn(CC)cc1NC(=O)c1cccc(C(F)(F)F)c1. The fourth-order valence-electron chi connectivity index (χ4n) is 2.20. The van der Waals surface area contributed by atoms with Crippen molar-refractivity contribution in [2.45, 2.75) is 33.0 Å². The molecule has 0 fully saturated rings. The fourth-order valence-corrected chi connectivity index (χ4v) is 2.20. The summed E-state index contributed by atoms with van der Waals surface area (Å²) in [5.74, 6) is -1.21. The maximum Gasteiger partial charge on any atom is 0.416 e. The van der Waals surface area contributed by atoms with E-state index in [1.807, 2.05) is 6.92 Å². The second-order valence-electron chi connectivity index (χ2n) is 5.54. The first-order valence-corrected chi connectivity index (χ1v) is 8.10. The molecule has 2 amide bonds. The van der Waals surface area contributed by atoms with Crippen molar-refractivity contribution in [2.75, 3.05) is 11.9 Å². The normalized spacial score (nSPS) is 11.3. The van der Waals surface area contributed by atoms with E-state index in [1.165, 1.54) is 16.9 Å². The predicted molar refractivity (Wildman–Crippen MR) is 89.9 cm³/mol. The number of aryl methyl sites for hydroxylation is 1. The Balaban J connectivity index is 2.26. The van der Waals surface area contributed by atoms with Crippen LogP contribution in [0.25, 0.3) is 0 Å². The predicted octanol–water partition coefficient (Wildman–Crippen LogP) is 3.31. The Morgan fingerprint density at radius 1 is 1.19 bits per heavy atom. The van der Waals surface area contributed by atoms with Crippen molar-refractivity contribution >= 4 is 17.5 Å². The van der Waals surface area contributed by atoms with E-state index < -0.39 is 23.6 Å². The lowest BCUT2D eigenvalue weighted by Gasteiger charge is -2.09. The van der Waals surface area contributed by atoms with Gasteiger partial charge in [-0.25, -0.2) is 0 Å². The number of nitrogens with one attached hydrogen (secondary N) is 2. The lowest BCUT2D eigenvalue weighted by molar-refractivity contribution is -0.137. The van der Waals surface area contributed by atoms with Crippen LogP contribution in [0.2, 0.25) is 0 Å². The number of carbonyl (C=O) groups is 2. The Morgan fingerprint density at radius 3 is 2.54 bits per heavy atom. The molecule has 1 aromatic heterocycles. The average Bonchev–Trinajstić information content (AvgIpc) is 3.02. The molecule has 0 aliphatic rings. The molecule has 26 heavy (non-hydrogen) atoms. The van der Waals surface area contributed by atoms with Gasteiger partial charge < -0.3 is 10.6 Å². The van der Waals surface area contributed by atoms with Crippen molar-refractivity contribution < 1.29 is 22.8 Å². The molecule has 6 nitrogen and oxygen atoms in total. The standard InChI is InChI=1S/C17H19F3N4O2/c1-3-8-21-16(26)14-13(10-24(4-2)23-14)22-15(25)11-6-5-7-12(9-11)17(18,19)20/h5-7,9-10H,3-4,8H2,1-2H3,(H,21,26)(H,22,25). The molecule has 0 radical (unpaired) electrons. The van der Waals surface area contributed by atoms with Gasteiger partial charge in [0.2, 0.25) is 0 Å². The molecule has 140 valence electrons. The Morgan fingerprint density at radius 2 is 1.92 bits per heavy atom. The van der Waals surface area contributed by atoms with Crippen molar-refractivity contribution in [3.8, 4) is 0 Å². The molecule has 0 unspecified atom stereocenters. The van der Waals surface area contributed by atoms with Crippen molar-refractivity contribution in [1.29, 1.82) is 0 Å². The van der Waals surface area contributed by atoms with E-state index in [0.717, 1.165) is 24.6 Å². The summed E-state index contributed by atoms with van der Waals surface area (Å²) in [6, 6.07) is 4.07. The van der Waals surface area contributed by atoms with Gasteiger partial charge in [0.15, 0.2) is 5.69 Å². The molecule has 0 spiro atoms. The Labute approximate surface area is 148 Å². The maximum atomic E-state index is 12.8. The quantitative estimate of drug-likeness (QED) is 0.821. The molecule has 2 rings (SSSR count). The third-order valence-electron chi connectivity index (χ3n) is 3.54. The first kappa shape index (κ1) is 19.5. The lowest BCUT2D eigenvalue weighted by atomic mass is 10.1. The number of rotatable bonds is 6. The first-order valence-electron chi connectivity index (χ1n) is 8.10. The average molecular weight is 368 g/mol. The van der Waals surface area contributed by atoms with Crippen LogP contribution in [0.4, 0.5) is 18.9 Å². The van der Waals surface area contributed by atoms with Gasteiger partial charge in [-0.05, 0) is 31.5 Å². The molecule has 0 aliphatic carbocycles. The third-order valence-corrected chi connectivity index (χ3v) is 3.54. The topological polar surface area (TPSA) is 76.0 Å². The third kappa shape index (κ3) is 4.62. The minimum atomic E-state index is -4.55. The zero-order valence-electron chi connectivity index (χ0n) is 14.4. The molecular weight excluding hydrogens is 349 g/mol. The van der Waals surface area contributed by atoms with Gasteiger partial charge in [0.1, 0.15) is 0 Å². The van der Waals surface area contributed by atoms with Gasteiger partial charge in [0.05, 0.1) is 11.3 Å². The summed E-state index contributed by atoms with van der Waals surface area (Å²) in [7, 11) is 0. The summed E-state index contributed by atoms with van der Waals surface area (Å²) >= 11 is 0. The Kier molecular flexibility index (Phi) is 6.01. The van der Waals surface area contributed by atoms with Crippen molar-refractivity contribution in [3.05, 3.63) is 47.3 Å². The van der Waals surface area contributed by atoms with Crippen LogP contribution in [0.1, 0.15) is 46.7 Å².